The van der Waals surface area contributed by atoms with E-state index in [0.29, 0.717) is 11.6 Å². The van der Waals surface area contributed by atoms with E-state index in [4.69, 9.17) is 9.84 Å². The maximum Gasteiger partial charge on any atom is 0.339 e. The molecule has 2 rings (SSSR count). The van der Waals surface area contributed by atoms with E-state index in [9.17, 15) is 4.79 Å². The molecule has 1 fully saturated rings. The Kier molecular flexibility index (Phi) is 3.93. The Balaban J connectivity index is 1.96. The van der Waals surface area contributed by atoms with E-state index in [2.05, 4.69) is 10.3 Å². The van der Waals surface area contributed by atoms with Crippen molar-refractivity contribution in [1.29, 1.82) is 0 Å². The third kappa shape index (κ3) is 3.17. The SMILES string of the molecule is O=C(O)c1cnccc1NCC1CCOCC1. The van der Waals surface area contributed by atoms with Gasteiger partial charge in [-0.3, -0.25) is 4.98 Å². The van der Waals surface area contributed by atoms with Crippen LogP contribution in [0.25, 0.3) is 0 Å². The highest BCUT2D eigenvalue weighted by molar-refractivity contribution is 5.93. The topological polar surface area (TPSA) is 71.5 Å². The molecule has 0 saturated carbocycles. The first kappa shape index (κ1) is 11.9. The van der Waals surface area contributed by atoms with Gasteiger partial charge in [0.1, 0.15) is 5.56 Å². The van der Waals surface area contributed by atoms with Gasteiger partial charge in [-0.25, -0.2) is 4.79 Å². The zero-order valence-electron chi connectivity index (χ0n) is 9.56. The van der Waals surface area contributed by atoms with E-state index in [0.717, 1.165) is 32.6 Å². The molecule has 0 aliphatic carbocycles. The molecule has 1 aromatic heterocycles. The number of carbonyl (C=O) groups is 1. The van der Waals surface area contributed by atoms with E-state index >= 15 is 0 Å². The lowest BCUT2D eigenvalue weighted by molar-refractivity contribution is 0.0688. The van der Waals surface area contributed by atoms with Gasteiger partial charge in [-0.1, -0.05) is 0 Å². The summed E-state index contributed by atoms with van der Waals surface area (Å²) in [6.45, 7) is 2.39. The number of hydrogen-bond donors (Lipinski definition) is 2. The summed E-state index contributed by atoms with van der Waals surface area (Å²) in [5, 5.41) is 12.2. The van der Waals surface area contributed by atoms with Gasteiger partial charge in [-0.2, -0.15) is 0 Å². The molecule has 0 amide bonds. The Morgan fingerprint density at radius 1 is 1.53 bits per heavy atom. The molecular weight excluding hydrogens is 220 g/mol. The van der Waals surface area contributed by atoms with Gasteiger partial charge in [-0.05, 0) is 24.8 Å². The molecule has 1 aromatic rings. The lowest BCUT2D eigenvalue weighted by Gasteiger charge is -2.22. The lowest BCUT2D eigenvalue weighted by Crippen LogP contribution is -2.23. The van der Waals surface area contributed by atoms with Crippen LogP contribution in [-0.2, 0) is 4.74 Å². The summed E-state index contributed by atoms with van der Waals surface area (Å²) < 4.78 is 5.28. The van der Waals surface area contributed by atoms with Crippen LogP contribution in [0, 0.1) is 5.92 Å². The van der Waals surface area contributed by atoms with Gasteiger partial charge >= 0.3 is 5.97 Å². The predicted octanol–water partition coefficient (Wildman–Crippen LogP) is 1.62. The number of nitrogens with zero attached hydrogens (tertiary/aromatic N) is 1. The van der Waals surface area contributed by atoms with Gasteiger partial charge in [0, 0.05) is 32.2 Å². The number of rotatable bonds is 4. The van der Waals surface area contributed by atoms with E-state index < -0.39 is 5.97 Å². The molecule has 0 radical (unpaired) electrons. The summed E-state index contributed by atoms with van der Waals surface area (Å²) >= 11 is 0. The molecule has 0 unspecified atom stereocenters. The van der Waals surface area contributed by atoms with E-state index in [-0.39, 0.29) is 5.56 Å². The average Bonchev–Trinajstić information content (AvgIpc) is 2.38. The average molecular weight is 236 g/mol. The van der Waals surface area contributed by atoms with E-state index in [1.54, 1.807) is 12.3 Å². The summed E-state index contributed by atoms with van der Waals surface area (Å²) in [5.74, 6) is -0.397. The number of carboxylic acids is 1. The van der Waals surface area contributed by atoms with Crippen LogP contribution >= 0.6 is 0 Å². The lowest BCUT2D eigenvalue weighted by atomic mass is 10.0. The second-order valence-electron chi connectivity index (χ2n) is 4.16. The van der Waals surface area contributed by atoms with Crippen LogP contribution in [0.4, 0.5) is 5.69 Å². The number of aromatic nitrogens is 1. The highest BCUT2D eigenvalue weighted by Crippen LogP contribution is 2.18. The standard InChI is InChI=1S/C12H16N2O3/c15-12(16)10-8-13-4-1-11(10)14-7-9-2-5-17-6-3-9/h1,4,8-9H,2-3,5-7H2,(H,13,14)(H,15,16). The van der Waals surface area contributed by atoms with Crippen molar-refractivity contribution < 1.29 is 14.6 Å². The summed E-state index contributed by atoms with van der Waals surface area (Å²) in [6, 6.07) is 1.70. The number of carboxylic acid groups (broad SMARTS) is 1. The minimum absolute atomic E-state index is 0.222. The number of nitrogens with one attached hydrogen (secondary N) is 1. The Bertz CT molecular complexity index is 389. The molecule has 0 atom stereocenters. The van der Waals surface area contributed by atoms with Crippen molar-refractivity contribution in [3.63, 3.8) is 0 Å². The smallest absolute Gasteiger partial charge is 0.339 e. The van der Waals surface area contributed by atoms with Crippen molar-refractivity contribution in [2.75, 3.05) is 25.1 Å². The molecule has 1 saturated heterocycles. The predicted molar refractivity (Wildman–Crippen MR) is 63.2 cm³/mol. The van der Waals surface area contributed by atoms with Gasteiger partial charge < -0.3 is 15.2 Å². The first-order valence-electron chi connectivity index (χ1n) is 5.76. The Morgan fingerprint density at radius 3 is 3.00 bits per heavy atom. The van der Waals surface area contributed by atoms with Crippen LogP contribution in [0.15, 0.2) is 18.5 Å². The second kappa shape index (κ2) is 5.63. The molecule has 0 bridgehead atoms. The van der Waals surface area contributed by atoms with Crippen LogP contribution in [0.3, 0.4) is 0 Å². The van der Waals surface area contributed by atoms with E-state index in [1.165, 1.54) is 6.20 Å². The van der Waals surface area contributed by atoms with Crippen molar-refractivity contribution in [2.45, 2.75) is 12.8 Å². The highest BCUT2D eigenvalue weighted by atomic mass is 16.5. The fourth-order valence-corrected chi connectivity index (χ4v) is 1.92. The largest absolute Gasteiger partial charge is 0.478 e. The Hall–Kier alpha value is -1.62. The zero-order chi connectivity index (χ0) is 12.1. The van der Waals surface area contributed by atoms with Crippen molar-refractivity contribution >= 4 is 11.7 Å². The van der Waals surface area contributed by atoms with Crippen LogP contribution in [0.1, 0.15) is 23.2 Å². The van der Waals surface area contributed by atoms with Gasteiger partial charge in [0.25, 0.3) is 0 Å². The number of aromatic carboxylic acids is 1. The summed E-state index contributed by atoms with van der Waals surface area (Å²) in [4.78, 5) is 14.8. The van der Waals surface area contributed by atoms with Gasteiger partial charge in [0.05, 0.1) is 5.69 Å². The first-order chi connectivity index (χ1) is 8.27. The fraction of sp³-hybridized carbons (Fsp3) is 0.500. The molecular formula is C12H16N2O3. The van der Waals surface area contributed by atoms with Crippen LogP contribution < -0.4 is 5.32 Å². The molecule has 92 valence electrons. The number of ether oxygens (including phenoxy) is 1. The maximum absolute atomic E-state index is 11.0. The van der Waals surface area contributed by atoms with E-state index in [1.807, 2.05) is 0 Å². The third-order valence-corrected chi connectivity index (χ3v) is 2.97. The summed E-state index contributed by atoms with van der Waals surface area (Å²) in [5.41, 5.74) is 0.860. The van der Waals surface area contributed by atoms with Crippen LogP contribution in [0.5, 0.6) is 0 Å². The van der Waals surface area contributed by atoms with Gasteiger partial charge in [-0.15, -0.1) is 0 Å². The zero-order valence-corrected chi connectivity index (χ0v) is 9.56. The maximum atomic E-state index is 11.0. The monoisotopic (exact) mass is 236 g/mol. The van der Waals surface area contributed by atoms with Crippen molar-refractivity contribution in [3.8, 4) is 0 Å². The molecule has 2 N–H and O–H groups in total. The Labute approximate surface area is 99.8 Å². The summed E-state index contributed by atoms with van der Waals surface area (Å²) in [7, 11) is 0. The molecule has 17 heavy (non-hydrogen) atoms. The van der Waals surface area contributed by atoms with Crippen LogP contribution in [-0.4, -0.2) is 35.8 Å². The fourth-order valence-electron chi connectivity index (χ4n) is 1.92. The number of pyridine rings is 1. The molecule has 2 heterocycles. The second-order valence-corrected chi connectivity index (χ2v) is 4.16. The molecule has 5 nitrogen and oxygen atoms in total. The number of hydrogen-bond acceptors (Lipinski definition) is 4. The first-order valence-corrected chi connectivity index (χ1v) is 5.76. The normalized spacial score (nSPS) is 16.7. The minimum atomic E-state index is -0.951. The molecule has 1 aliphatic heterocycles. The minimum Gasteiger partial charge on any atom is -0.478 e. The molecule has 5 heteroatoms. The third-order valence-electron chi connectivity index (χ3n) is 2.97. The molecule has 0 spiro atoms. The highest BCUT2D eigenvalue weighted by Gasteiger charge is 2.15. The van der Waals surface area contributed by atoms with Gasteiger partial charge in [0.2, 0.25) is 0 Å². The summed E-state index contributed by atoms with van der Waals surface area (Å²) in [6.07, 6.45) is 5.02. The quantitative estimate of drug-likeness (QED) is 0.831. The molecule has 1 aliphatic rings. The Morgan fingerprint density at radius 2 is 2.29 bits per heavy atom. The van der Waals surface area contributed by atoms with Crippen molar-refractivity contribution in [2.24, 2.45) is 5.92 Å². The van der Waals surface area contributed by atoms with Crippen molar-refractivity contribution in [3.05, 3.63) is 24.0 Å². The number of anilines is 1. The molecule has 0 aromatic carbocycles. The van der Waals surface area contributed by atoms with Crippen LogP contribution in [0.2, 0.25) is 0 Å². The van der Waals surface area contributed by atoms with Gasteiger partial charge in [0.15, 0.2) is 0 Å². The van der Waals surface area contributed by atoms with Crippen molar-refractivity contribution in [1.82, 2.24) is 4.98 Å².